The third-order valence-electron chi connectivity index (χ3n) is 3.63. The summed E-state index contributed by atoms with van der Waals surface area (Å²) in [6.07, 6.45) is 0. The van der Waals surface area contributed by atoms with E-state index < -0.39 is 11.7 Å². The first-order valence-corrected chi connectivity index (χ1v) is 6.98. The maximum atomic E-state index is 12.4. The molecule has 2 heterocycles. The molecule has 3 rings (SSSR count). The van der Waals surface area contributed by atoms with E-state index in [0.29, 0.717) is 24.2 Å². The molecule has 1 aliphatic heterocycles. The summed E-state index contributed by atoms with van der Waals surface area (Å²) < 4.78 is 6.24. The molecule has 22 heavy (non-hydrogen) atoms. The van der Waals surface area contributed by atoms with Crippen LogP contribution < -0.4 is 16.8 Å². The van der Waals surface area contributed by atoms with E-state index in [2.05, 4.69) is 5.32 Å². The third-order valence-corrected chi connectivity index (χ3v) is 3.63. The number of fused-ring (bicyclic) bond motifs is 1. The lowest BCUT2D eigenvalue weighted by Gasteiger charge is -2.27. The van der Waals surface area contributed by atoms with Crippen molar-refractivity contribution < 1.29 is 14.0 Å². The van der Waals surface area contributed by atoms with Crippen molar-refractivity contribution in [1.29, 1.82) is 0 Å². The molecule has 1 saturated heterocycles. The Labute approximate surface area is 125 Å². The highest BCUT2D eigenvalue weighted by Crippen LogP contribution is 2.16. The molecule has 3 N–H and O–H groups in total. The molecule has 0 spiro atoms. The van der Waals surface area contributed by atoms with Crippen LogP contribution in [-0.2, 0) is 11.3 Å². The van der Waals surface area contributed by atoms with E-state index in [-0.39, 0.29) is 18.0 Å². The Balaban J connectivity index is 1.95. The number of amides is 2. The van der Waals surface area contributed by atoms with Crippen LogP contribution in [0.1, 0.15) is 10.4 Å². The standard InChI is InChI=1S/C14H16N4O4/c15-12(19)8-18-10-2-1-9(7-11(10)22-14(18)21)13(20)17-5-3-16-4-6-17/h1-2,7,16H,3-6,8H2,(H2,15,19). The van der Waals surface area contributed by atoms with Crippen LogP contribution in [0.5, 0.6) is 0 Å². The summed E-state index contributed by atoms with van der Waals surface area (Å²) in [4.78, 5) is 36.9. The average molecular weight is 304 g/mol. The van der Waals surface area contributed by atoms with Crippen LogP contribution in [0.3, 0.4) is 0 Å². The Morgan fingerprint density at radius 2 is 2.00 bits per heavy atom. The summed E-state index contributed by atoms with van der Waals surface area (Å²) in [5, 5.41) is 3.18. The van der Waals surface area contributed by atoms with Gasteiger partial charge in [-0.15, -0.1) is 0 Å². The van der Waals surface area contributed by atoms with Gasteiger partial charge in [-0.2, -0.15) is 0 Å². The second-order valence-corrected chi connectivity index (χ2v) is 5.15. The van der Waals surface area contributed by atoms with Crippen molar-refractivity contribution in [2.24, 2.45) is 5.73 Å². The van der Waals surface area contributed by atoms with E-state index in [0.717, 1.165) is 17.7 Å². The third kappa shape index (κ3) is 2.60. The fraction of sp³-hybridized carbons (Fsp3) is 0.357. The molecule has 0 aliphatic carbocycles. The predicted molar refractivity (Wildman–Crippen MR) is 78.4 cm³/mol. The quantitative estimate of drug-likeness (QED) is 0.765. The summed E-state index contributed by atoms with van der Waals surface area (Å²) in [6.45, 7) is 2.56. The van der Waals surface area contributed by atoms with Gasteiger partial charge in [0.25, 0.3) is 5.91 Å². The Morgan fingerprint density at radius 3 is 2.68 bits per heavy atom. The molecule has 2 amide bonds. The van der Waals surface area contributed by atoms with Crippen LogP contribution in [0, 0.1) is 0 Å². The zero-order chi connectivity index (χ0) is 15.7. The van der Waals surface area contributed by atoms with Gasteiger partial charge in [-0.1, -0.05) is 0 Å². The number of nitrogens with two attached hydrogens (primary N) is 1. The average Bonchev–Trinajstić information content (AvgIpc) is 2.82. The number of primary amides is 1. The van der Waals surface area contributed by atoms with E-state index in [4.69, 9.17) is 10.2 Å². The van der Waals surface area contributed by atoms with E-state index in [1.807, 2.05) is 0 Å². The van der Waals surface area contributed by atoms with Gasteiger partial charge in [0.1, 0.15) is 6.54 Å². The van der Waals surface area contributed by atoms with Crippen LogP contribution >= 0.6 is 0 Å². The summed E-state index contributed by atoms with van der Waals surface area (Å²) in [5.74, 6) is -1.40. The van der Waals surface area contributed by atoms with Gasteiger partial charge >= 0.3 is 5.76 Å². The maximum absolute atomic E-state index is 12.4. The van der Waals surface area contributed by atoms with Crippen molar-refractivity contribution >= 4 is 22.9 Å². The molecular formula is C14H16N4O4. The number of hydrogen-bond donors (Lipinski definition) is 2. The van der Waals surface area contributed by atoms with E-state index in [1.165, 1.54) is 6.07 Å². The second-order valence-electron chi connectivity index (χ2n) is 5.15. The molecule has 1 fully saturated rings. The number of piperazine rings is 1. The largest absolute Gasteiger partial charge is 0.420 e. The Kier molecular flexibility index (Phi) is 3.68. The Hall–Kier alpha value is -2.61. The van der Waals surface area contributed by atoms with Crippen molar-refractivity contribution in [2.45, 2.75) is 6.54 Å². The molecule has 0 bridgehead atoms. The highest BCUT2D eigenvalue weighted by molar-refractivity contribution is 5.97. The van der Waals surface area contributed by atoms with Gasteiger partial charge in [-0.3, -0.25) is 14.2 Å². The van der Waals surface area contributed by atoms with Crippen LogP contribution in [0.25, 0.3) is 11.1 Å². The number of oxazole rings is 1. The number of carbonyl (C=O) groups is 2. The number of benzene rings is 1. The van der Waals surface area contributed by atoms with E-state index >= 15 is 0 Å². The minimum absolute atomic E-state index is 0.103. The molecular weight excluding hydrogens is 288 g/mol. The normalized spacial score (nSPS) is 15.2. The van der Waals surface area contributed by atoms with Crippen LogP contribution in [0.4, 0.5) is 0 Å². The van der Waals surface area contributed by atoms with Gasteiger partial charge < -0.3 is 20.4 Å². The van der Waals surface area contributed by atoms with E-state index in [1.54, 1.807) is 17.0 Å². The molecule has 0 unspecified atom stereocenters. The number of aromatic nitrogens is 1. The number of nitrogens with zero attached hydrogens (tertiary/aromatic N) is 2. The summed E-state index contributed by atoms with van der Waals surface area (Å²) in [7, 11) is 0. The lowest BCUT2D eigenvalue weighted by atomic mass is 10.1. The zero-order valence-corrected chi connectivity index (χ0v) is 11.9. The fourth-order valence-corrected chi connectivity index (χ4v) is 2.56. The topological polar surface area (TPSA) is 111 Å². The molecule has 0 atom stereocenters. The number of nitrogens with one attached hydrogen (secondary N) is 1. The smallest absolute Gasteiger partial charge is 0.408 e. The molecule has 1 aromatic heterocycles. The number of hydrogen-bond acceptors (Lipinski definition) is 5. The van der Waals surface area contributed by atoms with Crippen LogP contribution in [0.2, 0.25) is 0 Å². The molecule has 0 saturated carbocycles. The summed E-state index contributed by atoms with van der Waals surface area (Å²) in [6, 6.07) is 4.75. The highest BCUT2D eigenvalue weighted by Gasteiger charge is 2.19. The van der Waals surface area contributed by atoms with Crippen molar-refractivity contribution in [1.82, 2.24) is 14.8 Å². The monoisotopic (exact) mass is 304 g/mol. The van der Waals surface area contributed by atoms with Gasteiger partial charge in [-0.05, 0) is 18.2 Å². The number of rotatable bonds is 3. The minimum atomic E-state index is -0.666. The summed E-state index contributed by atoms with van der Waals surface area (Å²) >= 11 is 0. The van der Waals surface area contributed by atoms with Crippen LogP contribution in [-0.4, -0.2) is 47.5 Å². The predicted octanol–water partition coefficient (Wildman–Crippen LogP) is -0.875. The Morgan fingerprint density at radius 1 is 1.27 bits per heavy atom. The van der Waals surface area contributed by atoms with E-state index in [9.17, 15) is 14.4 Å². The van der Waals surface area contributed by atoms with Gasteiger partial charge in [0, 0.05) is 31.7 Å². The summed E-state index contributed by atoms with van der Waals surface area (Å²) in [5.41, 5.74) is 6.28. The first-order chi connectivity index (χ1) is 10.6. The van der Waals surface area contributed by atoms with Gasteiger partial charge in [0.2, 0.25) is 5.91 Å². The highest BCUT2D eigenvalue weighted by atomic mass is 16.4. The molecule has 8 nitrogen and oxygen atoms in total. The molecule has 1 aliphatic rings. The number of carbonyl (C=O) groups excluding carboxylic acids is 2. The van der Waals surface area contributed by atoms with Crippen molar-refractivity contribution in [3.63, 3.8) is 0 Å². The lowest BCUT2D eigenvalue weighted by Crippen LogP contribution is -2.46. The van der Waals surface area contributed by atoms with Gasteiger partial charge in [0.15, 0.2) is 5.58 Å². The second kappa shape index (κ2) is 5.64. The minimum Gasteiger partial charge on any atom is -0.408 e. The molecule has 2 aromatic rings. The zero-order valence-electron chi connectivity index (χ0n) is 11.9. The molecule has 8 heteroatoms. The first kappa shape index (κ1) is 14.3. The van der Waals surface area contributed by atoms with Crippen molar-refractivity contribution in [2.75, 3.05) is 26.2 Å². The molecule has 1 aromatic carbocycles. The fourth-order valence-electron chi connectivity index (χ4n) is 2.56. The SMILES string of the molecule is NC(=O)Cn1c(=O)oc2cc(C(=O)N3CCNCC3)ccc21. The maximum Gasteiger partial charge on any atom is 0.420 e. The van der Waals surface area contributed by atoms with Crippen LogP contribution in [0.15, 0.2) is 27.4 Å². The lowest BCUT2D eigenvalue weighted by molar-refractivity contribution is -0.118. The molecule has 116 valence electrons. The van der Waals surface area contributed by atoms with Gasteiger partial charge in [-0.25, -0.2) is 4.79 Å². The van der Waals surface area contributed by atoms with Crippen molar-refractivity contribution in [3.8, 4) is 0 Å². The Bertz CT molecular complexity index is 786. The first-order valence-electron chi connectivity index (χ1n) is 6.98. The molecule has 0 radical (unpaired) electrons. The van der Waals surface area contributed by atoms with Gasteiger partial charge in [0.05, 0.1) is 5.52 Å². The van der Waals surface area contributed by atoms with Crippen molar-refractivity contribution in [3.05, 3.63) is 34.3 Å².